The van der Waals surface area contributed by atoms with Crippen LogP contribution < -0.4 is 4.90 Å². The number of hydrogen-bond donors (Lipinski definition) is 1. The van der Waals surface area contributed by atoms with Crippen molar-refractivity contribution in [3.8, 4) is 0 Å². The molecule has 0 saturated carbocycles. The van der Waals surface area contributed by atoms with E-state index in [2.05, 4.69) is 15.2 Å². The van der Waals surface area contributed by atoms with Crippen LogP contribution in [0.2, 0.25) is 0 Å². The summed E-state index contributed by atoms with van der Waals surface area (Å²) in [5.41, 5.74) is 1.01. The maximum Gasteiger partial charge on any atom is 0.260 e. The molecule has 1 aromatic heterocycles. The molecule has 2 heterocycles. The molecule has 0 bridgehead atoms. The first-order valence-electron chi connectivity index (χ1n) is 5.21. The van der Waals surface area contributed by atoms with Crippen LogP contribution in [0.1, 0.15) is 12.0 Å². The molecule has 0 radical (unpaired) electrons. The van der Waals surface area contributed by atoms with E-state index in [9.17, 15) is 0 Å². The average molecular weight is 219 g/mol. The van der Waals surface area contributed by atoms with Crippen molar-refractivity contribution in [2.45, 2.75) is 6.42 Å². The maximum atomic E-state index is 5.04. The zero-order chi connectivity index (χ0) is 11.4. The average Bonchev–Trinajstić information content (AvgIpc) is 2.69. The molecule has 1 aromatic rings. The number of nitrogens with one attached hydrogen (secondary N) is 1. The fourth-order valence-electron chi connectivity index (χ4n) is 1.61. The van der Waals surface area contributed by atoms with Crippen LogP contribution in [-0.2, 0) is 4.74 Å². The van der Waals surface area contributed by atoms with E-state index >= 15 is 0 Å². The van der Waals surface area contributed by atoms with E-state index < -0.39 is 0 Å². The van der Waals surface area contributed by atoms with Gasteiger partial charge in [0.1, 0.15) is 0 Å². The molecule has 1 unspecified atom stereocenters. The molecule has 5 heteroatoms. The van der Waals surface area contributed by atoms with E-state index in [0.29, 0.717) is 6.61 Å². The number of methoxy groups -OCH3 is 1. The molecular weight excluding hydrogens is 204 g/mol. The Morgan fingerprint density at radius 2 is 2.25 bits per heavy atom. The van der Waals surface area contributed by atoms with E-state index in [1.807, 2.05) is 19.2 Å². The Morgan fingerprint density at radius 3 is 2.94 bits per heavy atom. The largest absolute Gasteiger partial charge is 0.384 e. The van der Waals surface area contributed by atoms with Crippen LogP contribution in [0.25, 0.3) is 0 Å². The molecule has 0 spiro atoms. The van der Waals surface area contributed by atoms with Gasteiger partial charge in [0, 0.05) is 19.5 Å². The second-order valence-corrected chi connectivity index (χ2v) is 3.60. The summed E-state index contributed by atoms with van der Waals surface area (Å²) in [6, 6.07) is 3.89. The van der Waals surface area contributed by atoms with E-state index in [0.717, 1.165) is 28.6 Å². The lowest BCUT2D eigenvalue weighted by Gasteiger charge is -2.09. The molecule has 0 amide bonds. The Labute approximate surface area is 94.5 Å². The van der Waals surface area contributed by atoms with Gasteiger partial charge < -0.3 is 4.74 Å². The zero-order valence-electron chi connectivity index (χ0n) is 9.47. The topological polar surface area (TPSA) is 51.3 Å². The Bertz CT molecular complexity index is 413. The fourth-order valence-corrected chi connectivity index (χ4v) is 1.61. The zero-order valence-corrected chi connectivity index (χ0v) is 9.47. The number of aromatic nitrogens is 1. The summed E-state index contributed by atoms with van der Waals surface area (Å²) >= 11 is 0. The molecule has 1 aliphatic heterocycles. The lowest BCUT2D eigenvalue weighted by Crippen LogP contribution is -3.13. The van der Waals surface area contributed by atoms with Crippen molar-refractivity contribution in [3.05, 3.63) is 30.1 Å². The van der Waals surface area contributed by atoms with Crippen molar-refractivity contribution >= 4 is 11.7 Å². The highest BCUT2D eigenvalue weighted by molar-refractivity contribution is 6.00. The van der Waals surface area contributed by atoms with Crippen molar-refractivity contribution < 1.29 is 9.64 Å². The first-order chi connectivity index (χ1) is 7.83. The van der Waals surface area contributed by atoms with E-state index in [-0.39, 0.29) is 0 Å². The summed E-state index contributed by atoms with van der Waals surface area (Å²) in [6.45, 7) is 0.673. The normalized spacial score (nSPS) is 19.5. The van der Waals surface area contributed by atoms with E-state index in [1.165, 1.54) is 0 Å². The molecule has 0 aliphatic carbocycles. The molecule has 16 heavy (non-hydrogen) atoms. The standard InChI is InChI=1S/C11H14N4O/c1-15-10(5-7-16-2)13-14-11(15)9-4-3-6-12-8-9/h3-4,6,8H,5,7H2,1-2H3/p+1. The number of nitrogens with zero attached hydrogens (tertiary/aromatic N) is 3. The summed E-state index contributed by atoms with van der Waals surface area (Å²) in [5, 5.41) is 8.37. The van der Waals surface area contributed by atoms with E-state index in [4.69, 9.17) is 4.74 Å². The molecule has 2 rings (SSSR count). The molecule has 5 nitrogen and oxygen atoms in total. The Balaban J connectivity index is 2.07. The monoisotopic (exact) mass is 219 g/mol. The first kappa shape index (κ1) is 10.9. The van der Waals surface area contributed by atoms with Crippen LogP contribution in [-0.4, -0.2) is 37.4 Å². The van der Waals surface area contributed by atoms with Gasteiger partial charge >= 0.3 is 0 Å². The lowest BCUT2D eigenvalue weighted by molar-refractivity contribution is -0.672. The maximum absolute atomic E-state index is 5.04. The van der Waals surface area contributed by atoms with Crippen molar-refractivity contribution in [3.63, 3.8) is 0 Å². The van der Waals surface area contributed by atoms with Crippen LogP contribution in [0.4, 0.5) is 0 Å². The minimum Gasteiger partial charge on any atom is -0.384 e. The van der Waals surface area contributed by atoms with Gasteiger partial charge in [0.2, 0.25) is 5.84 Å². The van der Waals surface area contributed by atoms with Crippen LogP contribution in [0, 0.1) is 0 Å². The van der Waals surface area contributed by atoms with Gasteiger partial charge in [0.05, 0.1) is 25.6 Å². The minimum absolute atomic E-state index is 0.673. The molecule has 0 aromatic carbocycles. The predicted octanol–water partition coefficient (Wildman–Crippen LogP) is -0.294. The molecule has 0 fully saturated rings. The van der Waals surface area contributed by atoms with E-state index in [1.54, 1.807) is 19.5 Å². The summed E-state index contributed by atoms with van der Waals surface area (Å²) in [4.78, 5) is 5.20. The number of ether oxygens (including phenoxy) is 1. The van der Waals surface area contributed by atoms with Crippen molar-refractivity contribution in [1.29, 1.82) is 0 Å². The SMILES string of the molecule is COCCC1=NN=C(c2cccnc2)[NH+]1C. The molecule has 1 aliphatic rings. The summed E-state index contributed by atoms with van der Waals surface area (Å²) < 4.78 is 5.04. The lowest BCUT2D eigenvalue weighted by atomic mass is 10.2. The quantitative estimate of drug-likeness (QED) is 0.756. The summed E-state index contributed by atoms with van der Waals surface area (Å²) in [7, 11) is 3.72. The second kappa shape index (κ2) is 4.96. The van der Waals surface area contributed by atoms with Crippen LogP contribution in [0.15, 0.2) is 34.7 Å². The van der Waals surface area contributed by atoms with Gasteiger partial charge in [-0.15, -0.1) is 0 Å². The van der Waals surface area contributed by atoms with Crippen LogP contribution >= 0.6 is 0 Å². The number of pyridine rings is 1. The second-order valence-electron chi connectivity index (χ2n) is 3.60. The molecule has 84 valence electrons. The highest BCUT2D eigenvalue weighted by atomic mass is 16.5. The number of amidine groups is 2. The Hall–Kier alpha value is -1.59. The third-order valence-electron chi connectivity index (χ3n) is 2.54. The van der Waals surface area contributed by atoms with Gasteiger partial charge in [0.25, 0.3) is 5.84 Å². The smallest absolute Gasteiger partial charge is 0.260 e. The number of quaternary nitrogens is 1. The van der Waals surface area contributed by atoms with Gasteiger partial charge in [-0.1, -0.05) is 10.2 Å². The highest BCUT2D eigenvalue weighted by Gasteiger charge is 2.26. The van der Waals surface area contributed by atoms with Gasteiger partial charge in [-0.2, -0.15) is 0 Å². The van der Waals surface area contributed by atoms with Crippen LogP contribution in [0.5, 0.6) is 0 Å². The highest BCUT2D eigenvalue weighted by Crippen LogP contribution is 1.99. The minimum atomic E-state index is 0.673. The van der Waals surface area contributed by atoms with Crippen molar-refractivity contribution in [2.75, 3.05) is 20.8 Å². The molecule has 0 saturated heterocycles. The summed E-state index contributed by atoms with van der Waals surface area (Å²) in [6.07, 6.45) is 4.35. The molecular formula is C11H15N4O+. The first-order valence-corrected chi connectivity index (χ1v) is 5.21. The van der Waals surface area contributed by atoms with Gasteiger partial charge in [-0.05, 0) is 12.1 Å². The van der Waals surface area contributed by atoms with Crippen LogP contribution in [0.3, 0.4) is 0 Å². The van der Waals surface area contributed by atoms with Gasteiger partial charge in [-0.3, -0.25) is 4.98 Å². The van der Waals surface area contributed by atoms with Crippen molar-refractivity contribution in [2.24, 2.45) is 10.2 Å². The predicted molar refractivity (Wildman–Crippen MR) is 61.6 cm³/mol. The third kappa shape index (κ3) is 2.15. The molecule has 1 atom stereocenters. The van der Waals surface area contributed by atoms with Crippen molar-refractivity contribution in [1.82, 2.24) is 4.98 Å². The van der Waals surface area contributed by atoms with Gasteiger partial charge in [0.15, 0.2) is 0 Å². The number of hydrogen-bond acceptors (Lipinski definition) is 4. The Morgan fingerprint density at radius 1 is 1.38 bits per heavy atom. The molecule has 1 N–H and O–H groups in total. The number of rotatable bonds is 4. The third-order valence-corrected chi connectivity index (χ3v) is 2.54. The Kier molecular flexibility index (Phi) is 3.38. The van der Waals surface area contributed by atoms with Gasteiger partial charge in [-0.25, -0.2) is 4.90 Å². The fraction of sp³-hybridized carbons (Fsp3) is 0.364. The summed E-state index contributed by atoms with van der Waals surface area (Å²) in [5.74, 6) is 1.92.